The number of aromatic nitrogens is 1. The monoisotopic (exact) mass is 435 g/mol. The largest absolute Gasteiger partial charge is 0.342 e. The number of imide groups is 1. The summed E-state index contributed by atoms with van der Waals surface area (Å²) in [5.74, 6) is -0.253. The average molecular weight is 436 g/mol. The molecule has 0 bridgehead atoms. The Labute approximate surface area is 183 Å². The molecule has 158 valence electrons. The summed E-state index contributed by atoms with van der Waals surface area (Å²) >= 11 is 0.972. The van der Waals surface area contributed by atoms with Gasteiger partial charge in [-0.25, -0.2) is 0 Å². The third kappa shape index (κ3) is 3.98. The maximum Gasteiger partial charge on any atom is 0.293 e. The van der Waals surface area contributed by atoms with E-state index in [4.69, 9.17) is 0 Å². The molecule has 1 atom stereocenters. The number of thioether (sulfide) groups is 1. The molecule has 2 heterocycles. The minimum Gasteiger partial charge on any atom is -0.342 e. The highest BCUT2D eigenvalue weighted by molar-refractivity contribution is 8.18. The van der Waals surface area contributed by atoms with Crippen LogP contribution >= 0.6 is 11.8 Å². The highest BCUT2D eigenvalue weighted by atomic mass is 32.2. The number of amides is 2. The third-order valence-corrected chi connectivity index (χ3v) is 6.34. The SMILES string of the molecule is CC[C@H](C)N1C(=O)S/C(=C/c2cn(Cc3ccc([N+](=O)[O-])cc3)c3ccccc23)C1=O. The van der Waals surface area contributed by atoms with E-state index >= 15 is 0 Å². The second-order valence-corrected chi connectivity index (χ2v) is 8.46. The number of carbonyl (C=O) groups is 2. The summed E-state index contributed by atoms with van der Waals surface area (Å²) in [7, 11) is 0. The summed E-state index contributed by atoms with van der Waals surface area (Å²) in [6.07, 6.45) is 4.44. The number of rotatable bonds is 6. The van der Waals surface area contributed by atoms with Gasteiger partial charge < -0.3 is 4.57 Å². The van der Waals surface area contributed by atoms with E-state index in [0.29, 0.717) is 17.9 Å². The maximum absolute atomic E-state index is 12.8. The Morgan fingerprint density at radius 2 is 1.84 bits per heavy atom. The normalized spacial score (nSPS) is 16.5. The van der Waals surface area contributed by atoms with Crippen molar-refractivity contribution in [2.24, 2.45) is 0 Å². The summed E-state index contributed by atoms with van der Waals surface area (Å²) in [4.78, 5) is 37.4. The van der Waals surface area contributed by atoms with Gasteiger partial charge in [-0.1, -0.05) is 37.3 Å². The maximum atomic E-state index is 12.8. The van der Waals surface area contributed by atoms with E-state index in [1.807, 2.05) is 48.9 Å². The highest BCUT2D eigenvalue weighted by Crippen LogP contribution is 2.35. The molecule has 1 aromatic heterocycles. The molecule has 8 heteroatoms. The predicted molar refractivity (Wildman–Crippen MR) is 122 cm³/mol. The van der Waals surface area contributed by atoms with Crippen molar-refractivity contribution in [3.8, 4) is 0 Å². The molecule has 7 nitrogen and oxygen atoms in total. The Morgan fingerprint density at radius 3 is 2.52 bits per heavy atom. The third-order valence-electron chi connectivity index (χ3n) is 5.46. The molecule has 0 radical (unpaired) electrons. The first-order valence-corrected chi connectivity index (χ1v) is 10.8. The molecule has 1 aliphatic heterocycles. The van der Waals surface area contributed by atoms with E-state index in [9.17, 15) is 19.7 Å². The van der Waals surface area contributed by atoms with Crippen LogP contribution in [0, 0.1) is 10.1 Å². The van der Waals surface area contributed by atoms with Crippen LogP contribution < -0.4 is 0 Å². The predicted octanol–water partition coefficient (Wildman–Crippen LogP) is 5.43. The molecule has 2 amide bonds. The second kappa shape index (κ2) is 8.39. The number of hydrogen-bond donors (Lipinski definition) is 0. The highest BCUT2D eigenvalue weighted by Gasteiger charge is 2.37. The number of benzene rings is 2. The quantitative estimate of drug-likeness (QED) is 0.293. The van der Waals surface area contributed by atoms with Crippen molar-refractivity contribution in [3.63, 3.8) is 0 Å². The van der Waals surface area contributed by atoms with Crippen LogP contribution in [-0.4, -0.2) is 31.6 Å². The standard InChI is InChI=1S/C23H21N3O4S/c1-3-15(2)25-22(27)21(31-23(25)28)12-17-14-24(20-7-5-4-6-19(17)20)13-16-8-10-18(11-9-16)26(29)30/h4-12,14-15H,3,13H2,1-2H3/b21-12+/t15-/m0/s1. The fourth-order valence-corrected chi connectivity index (χ4v) is 4.55. The molecule has 2 aromatic carbocycles. The minimum absolute atomic E-state index is 0.0545. The average Bonchev–Trinajstić information content (AvgIpc) is 3.24. The number of nitro benzene ring substituents is 1. The van der Waals surface area contributed by atoms with E-state index in [1.165, 1.54) is 17.0 Å². The van der Waals surface area contributed by atoms with Gasteiger partial charge in [0.15, 0.2) is 0 Å². The Hall–Kier alpha value is -3.39. The Kier molecular flexibility index (Phi) is 5.65. The van der Waals surface area contributed by atoms with E-state index in [1.54, 1.807) is 18.2 Å². The van der Waals surface area contributed by atoms with Crippen molar-refractivity contribution in [1.82, 2.24) is 9.47 Å². The van der Waals surface area contributed by atoms with Gasteiger partial charge in [0.1, 0.15) is 0 Å². The summed E-state index contributed by atoms with van der Waals surface area (Å²) < 4.78 is 2.04. The molecule has 1 aliphatic rings. The van der Waals surface area contributed by atoms with Gasteiger partial charge >= 0.3 is 0 Å². The number of nitrogens with zero attached hydrogens (tertiary/aromatic N) is 3. The van der Waals surface area contributed by atoms with Crippen molar-refractivity contribution in [2.75, 3.05) is 0 Å². The van der Waals surface area contributed by atoms with E-state index in [2.05, 4.69) is 0 Å². The zero-order valence-corrected chi connectivity index (χ0v) is 18.0. The zero-order chi connectivity index (χ0) is 22.1. The molecule has 3 aromatic rings. The van der Waals surface area contributed by atoms with Gasteiger partial charge in [0.2, 0.25) is 0 Å². The topological polar surface area (TPSA) is 85.4 Å². The van der Waals surface area contributed by atoms with Gasteiger partial charge in [0.05, 0.1) is 9.83 Å². The Bertz CT molecular complexity index is 1210. The second-order valence-electron chi connectivity index (χ2n) is 7.46. The number of fused-ring (bicyclic) bond motifs is 1. The van der Waals surface area contributed by atoms with Crippen LogP contribution in [0.1, 0.15) is 31.4 Å². The van der Waals surface area contributed by atoms with Crippen LogP contribution in [0.3, 0.4) is 0 Å². The first kappa shape index (κ1) is 20.9. The molecule has 1 saturated heterocycles. The molecule has 0 N–H and O–H groups in total. The number of nitro groups is 1. The smallest absolute Gasteiger partial charge is 0.293 e. The van der Waals surface area contributed by atoms with Crippen molar-refractivity contribution < 1.29 is 14.5 Å². The first-order valence-electron chi connectivity index (χ1n) is 9.97. The molecule has 0 unspecified atom stereocenters. The van der Waals surface area contributed by atoms with Crippen LogP contribution in [0.2, 0.25) is 0 Å². The lowest BCUT2D eigenvalue weighted by atomic mass is 10.1. The van der Waals surface area contributed by atoms with Crippen LogP contribution in [0.15, 0.2) is 59.6 Å². The molecular formula is C23H21N3O4S. The fraction of sp³-hybridized carbons (Fsp3) is 0.217. The fourth-order valence-electron chi connectivity index (χ4n) is 3.62. The molecule has 4 rings (SSSR count). The number of para-hydroxylation sites is 1. The summed E-state index contributed by atoms with van der Waals surface area (Å²) in [6.45, 7) is 4.35. The van der Waals surface area contributed by atoms with Crippen molar-refractivity contribution in [2.45, 2.75) is 32.9 Å². The molecule has 0 spiro atoms. The van der Waals surface area contributed by atoms with Gasteiger partial charge in [-0.05, 0) is 42.8 Å². The van der Waals surface area contributed by atoms with Gasteiger partial charge in [0, 0.05) is 47.4 Å². The Morgan fingerprint density at radius 1 is 1.13 bits per heavy atom. The molecule has 0 aliphatic carbocycles. The van der Waals surface area contributed by atoms with Crippen LogP contribution in [-0.2, 0) is 11.3 Å². The molecule has 31 heavy (non-hydrogen) atoms. The summed E-state index contributed by atoms with van der Waals surface area (Å²) in [6, 6.07) is 14.2. The van der Waals surface area contributed by atoms with E-state index in [0.717, 1.165) is 33.8 Å². The van der Waals surface area contributed by atoms with Crippen molar-refractivity contribution in [3.05, 3.63) is 80.9 Å². The van der Waals surface area contributed by atoms with Gasteiger partial charge in [0.25, 0.3) is 16.8 Å². The summed E-state index contributed by atoms with van der Waals surface area (Å²) in [5.41, 5.74) is 2.81. The first-order chi connectivity index (χ1) is 14.9. The van der Waals surface area contributed by atoms with Crippen LogP contribution in [0.25, 0.3) is 17.0 Å². The summed E-state index contributed by atoms with van der Waals surface area (Å²) in [5, 5.41) is 11.6. The van der Waals surface area contributed by atoms with Crippen LogP contribution in [0.5, 0.6) is 0 Å². The van der Waals surface area contributed by atoms with Crippen molar-refractivity contribution in [1.29, 1.82) is 0 Å². The lowest BCUT2D eigenvalue weighted by Crippen LogP contribution is -2.36. The lowest BCUT2D eigenvalue weighted by Gasteiger charge is -2.19. The van der Waals surface area contributed by atoms with Gasteiger partial charge in [-0.2, -0.15) is 0 Å². The minimum atomic E-state index is -0.417. The molecule has 1 fully saturated rings. The lowest BCUT2D eigenvalue weighted by molar-refractivity contribution is -0.384. The van der Waals surface area contributed by atoms with Crippen LogP contribution in [0.4, 0.5) is 10.5 Å². The van der Waals surface area contributed by atoms with E-state index in [-0.39, 0.29) is 22.9 Å². The molecular weight excluding hydrogens is 414 g/mol. The zero-order valence-electron chi connectivity index (χ0n) is 17.1. The number of non-ortho nitro benzene ring substituents is 1. The van der Waals surface area contributed by atoms with E-state index < -0.39 is 4.92 Å². The molecule has 0 saturated carbocycles. The Balaban J connectivity index is 1.69. The van der Waals surface area contributed by atoms with Gasteiger partial charge in [-0.3, -0.25) is 24.6 Å². The number of hydrogen-bond acceptors (Lipinski definition) is 5. The van der Waals surface area contributed by atoms with Crippen molar-refractivity contribution >= 4 is 45.6 Å². The van der Waals surface area contributed by atoms with Gasteiger partial charge in [-0.15, -0.1) is 0 Å². The number of carbonyl (C=O) groups excluding carboxylic acids is 2.